The molecule has 4 rings (SSSR count). The van der Waals surface area contributed by atoms with Gasteiger partial charge in [0.25, 0.3) is 0 Å². The monoisotopic (exact) mass is 416 g/mol. The van der Waals surface area contributed by atoms with Gasteiger partial charge < -0.3 is 5.32 Å². The molecule has 2 aromatic rings. The van der Waals surface area contributed by atoms with Crippen molar-refractivity contribution in [1.29, 1.82) is 5.26 Å². The third kappa shape index (κ3) is 3.55. The number of benzene rings is 1. The van der Waals surface area contributed by atoms with Crippen molar-refractivity contribution < 1.29 is 13.2 Å². The molecule has 0 saturated carbocycles. The van der Waals surface area contributed by atoms with Crippen molar-refractivity contribution in [3.8, 4) is 6.07 Å². The summed E-state index contributed by atoms with van der Waals surface area (Å²) in [7, 11) is -3.74. The number of nitriles is 1. The average molecular weight is 417 g/mol. The maximum Gasteiger partial charge on any atom is 0.244 e. The highest BCUT2D eigenvalue weighted by atomic mass is 32.2. The Kier molecular flexibility index (Phi) is 5.19. The molecule has 7 nitrogen and oxygen atoms in total. The zero-order chi connectivity index (χ0) is 19.7. The largest absolute Gasteiger partial charge is 0.302 e. The molecule has 0 radical (unpaired) electrons. The smallest absolute Gasteiger partial charge is 0.244 e. The molecule has 28 heavy (non-hydrogen) atoms. The van der Waals surface area contributed by atoms with E-state index in [2.05, 4.69) is 10.3 Å². The van der Waals surface area contributed by atoms with Gasteiger partial charge >= 0.3 is 0 Å². The lowest BCUT2D eigenvalue weighted by Gasteiger charge is -2.30. The van der Waals surface area contributed by atoms with Gasteiger partial charge in [-0.05, 0) is 44.2 Å². The van der Waals surface area contributed by atoms with E-state index >= 15 is 0 Å². The van der Waals surface area contributed by atoms with E-state index in [0.717, 1.165) is 25.0 Å². The van der Waals surface area contributed by atoms with Gasteiger partial charge in [-0.2, -0.15) is 9.57 Å². The van der Waals surface area contributed by atoms with Crippen LogP contribution in [0.25, 0.3) is 0 Å². The van der Waals surface area contributed by atoms with Crippen LogP contribution in [-0.2, 0) is 27.7 Å². The van der Waals surface area contributed by atoms with Crippen molar-refractivity contribution in [3.63, 3.8) is 0 Å². The third-order valence-electron chi connectivity index (χ3n) is 5.28. The molecule has 0 spiro atoms. The Balaban J connectivity index is 1.40. The molecule has 0 unspecified atom stereocenters. The standard InChI is InChI=1S/C19H20N4O3S2/c20-12-14-4-1-2-7-17(14)28(25,26)23-10-8-13(9-11-23)18(24)22-19-21-15-5-3-6-16(15)27-19/h1-2,4,7,13H,3,5-6,8-11H2,(H,21,22,24). The summed E-state index contributed by atoms with van der Waals surface area (Å²) < 4.78 is 27.1. The predicted molar refractivity (Wildman–Crippen MR) is 105 cm³/mol. The Morgan fingerprint density at radius 2 is 2.00 bits per heavy atom. The van der Waals surface area contributed by atoms with Crippen LogP contribution in [0.3, 0.4) is 0 Å². The molecule has 1 saturated heterocycles. The Hall–Kier alpha value is -2.28. The number of nitrogens with one attached hydrogen (secondary N) is 1. The minimum atomic E-state index is -3.74. The van der Waals surface area contributed by atoms with E-state index in [9.17, 15) is 18.5 Å². The molecule has 1 N–H and O–H groups in total. The van der Waals surface area contributed by atoms with Crippen LogP contribution in [0.2, 0.25) is 0 Å². The summed E-state index contributed by atoms with van der Waals surface area (Å²) >= 11 is 1.54. The number of carbonyl (C=O) groups is 1. The van der Waals surface area contributed by atoms with E-state index in [1.807, 2.05) is 6.07 Å². The van der Waals surface area contributed by atoms with Gasteiger partial charge in [0, 0.05) is 23.9 Å². The summed E-state index contributed by atoms with van der Waals surface area (Å²) in [5.41, 5.74) is 1.23. The number of hydrogen-bond acceptors (Lipinski definition) is 6. The van der Waals surface area contributed by atoms with E-state index in [0.29, 0.717) is 18.0 Å². The number of amides is 1. The van der Waals surface area contributed by atoms with Crippen molar-refractivity contribution in [2.24, 2.45) is 5.92 Å². The molecule has 0 atom stereocenters. The molecule has 1 fully saturated rings. The highest BCUT2D eigenvalue weighted by Crippen LogP contribution is 2.31. The number of aryl methyl sites for hydroxylation is 2. The third-order valence-corrected chi connectivity index (χ3v) is 8.31. The van der Waals surface area contributed by atoms with Crippen LogP contribution in [0.1, 0.15) is 35.4 Å². The van der Waals surface area contributed by atoms with Crippen LogP contribution >= 0.6 is 11.3 Å². The number of nitrogens with zero attached hydrogens (tertiary/aromatic N) is 3. The van der Waals surface area contributed by atoms with Gasteiger partial charge in [0.2, 0.25) is 15.9 Å². The number of fused-ring (bicyclic) bond motifs is 1. The molecule has 0 bridgehead atoms. The second-order valence-corrected chi connectivity index (χ2v) is 10.0. The molecule has 146 valence electrons. The Morgan fingerprint density at radius 3 is 2.71 bits per heavy atom. The highest BCUT2D eigenvalue weighted by Gasteiger charge is 2.33. The first-order valence-electron chi connectivity index (χ1n) is 9.28. The number of aromatic nitrogens is 1. The number of rotatable bonds is 4. The topological polar surface area (TPSA) is 103 Å². The minimum Gasteiger partial charge on any atom is -0.302 e. The van der Waals surface area contributed by atoms with Crippen LogP contribution in [0, 0.1) is 17.2 Å². The second kappa shape index (κ2) is 7.62. The van der Waals surface area contributed by atoms with E-state index in [1.54, 1.807) is 23.5 Å². The van der Waals surface area contributed by atoms with Gasteiger partial charge in [-0.25, -0.2) is 13.4 Å². The first kappa shape index (κ1) is 19.1. The van der Waals surface area contributed by atoms with Crippen LogP contribution in [0.15, 0.2) is 29.2 Å². The predicted octanol–water partition coefficient (Wildman–Crippen LogP) is 2.54. The molecular weight excluding hydrogens is 396 g/mol. The van der Waals surface area contributed by atoms with E-state index < -0.39 is 10.0 Å². The fourth-order valence-electron chi connectivity index (χ4n) is 3.73. The molecular formula is C19H20N4O3S2. The van der Waals surface area contributed by atoms with Gasteiger partial charge in [0.15, 0.2) is 5.13 Å². The van der Waals surface area contributed by atoms with Gasteiger partial charge in [0.1, 0.15) is 6.07 Å². The Labute approximate surface area is 168 Å². The Morgan fingerprint density at radius 1 is 1.25 bits per heavy atom. The summed E-state index contributed by atoms with van der Waals surface area (Å²) in [6.07, 6.45) is 4.03. The lowest BCUT2D eigenvalue weighted by molar-refractivity contribution is -0.120. The van der Waals surface area contributed by atoms with Crippen LogP contribution in [0.5, 0.6) is 0 Å². The summed E-state index contributed by atoms with van der Waals surface area (Å²) in [5.74, 6) is -0.335. The van der Waals surface area contributed by atoms with Crippen molar-refractivity contribution in [3.05, 3.63) is 40.4 Å². The van der Waals surface area contributed by atoms with Gasteiger partial charge in [0.05, 0.1) is 16.2 Å². The molecule has 1 aromatic heterocycles. The molecule has 2 aliphatic rings. The zero-order valence-corrected chi connectivity index (χ0v) is 16.9. The van der Waals surface area contributed by atoms with E-state index in [-0.39, 0.29) is 35.4 Å². The number of hydrogen-bond donors (Lipinski definition) is 1. The van der Waals surface area contributed by atoms with Gasteiger partial charge in [-0.15, -0.1) is 11.3 Å². The average Bonchev–Trinajstić information content (AvgIpc) is 3.29. The first-order valence-corrected chi connectivity index (χ1v) is 11.5. The fraction of sp³-hybridized carbons (Fsp3) is 0.421. The molecule has 1 amide bonds. The lowest BCUT2D eigenvalue weighted by Crippen LogP contribution is -2.41. The summed E-state index contributed by atoms with van der Waals surface area (Å²) in [5, 5.41) is 12.7. The summed E-state index contributed by atoms with van der Waals surface area (Å²) in [6, 6.07) is 8.14. The second-order valence-electron chi connectivity index (χ2n) is 7.02. The maximum atomic E-state index is 12.9. The normalized spacial score (nSPS) is 17.8. The number of sulfonamides is 1. The number of thiazole rings is 1. The summed E-state index contributed by atoms with van der Waals surface area (Å²) in [6.45, 7) is 0.517. The van der Waals surface area contributed by atoms with Crippen LogP contribution in [0.4, 0.5) is 5.13 Å². The van der Waals surface area contributed by atoms with E-state index in [4.69, 9.17) is 0 Å². The van der Waals surface area contributed by atoms with Gasteiger partial charge in [-0.3, -0.25) is 4.79 Å². The Bertz CT molecular complexity index is 1030. The number of anilines is 1. The number of piperidine rings is 1. The molecule has 2 heterocycles. The van der Waals surface area contributed by atoms with Crippen molar-refractivity contribution >= 4 is 32.4 Å². The number of carbonyl (C=O) groups excluding carboxylic acids is 1. The zero-order valence-electron chi connectivity index (χ0n) is 15.2. The van der Waals surface area contributed by atoms with Crippen molar-refractivity contribution in [2.45, 2.75) is 37.0 Å². The van der Waals surface area contributed by atoms with Gasteiger partial charge in [-0.1, -0.05) is 12.1 Å². The maximum absolute atomic E-state index is 12.9. The van der Waals surface area contributed by atoms with Crippen LogP contribution < -0.4 is 5.32 Å². The minimum absolute atomic E-state index is 0.0257. The van der Waals surface area contributed by atoms with Crippen molar-refractivity contribution in [1.82, 2.24) is 9.29 Å². The molecule has 9 heteroatoms. The highest BCUT2D eigenvalue weighted by molar-refractivity contribution is 7.89. The van der Waals surface area contributed by atoms with Crippen molar-refractivity contribution in [2.75, 3.05) is 18.4 Å². The quantitative estimate of drug-likeness (QED) is 0.825. The molecule has 1 aliphatic heterocycles. The summed E-state index contributed by atoms with van der Waals surface area (Å²) in [4.78, 5) is 18.3. The van der Waals surface area contributed by atoms with Crippen LogP contribution in [-0.4, -0.2) is 36.7 Å². The fourth-order valence-corrected chi connectivity index (χ4v) is 6.40. The lowest BCUT2D eigenvalue weighted by atomic mass is 9.97. The van der Waals surface area contributed by atoms with E-state index in [1.165, 1.54) is 21.3 Å². The molecule has 1 aromatic carbocycles. The SMILES string of the molecule is N#Cc1ccccc1S(=O)(=O)N1CCC(C(=O)Nc2nc3c(s2)CCC3)CC1. The first-order chi connectivity index (χ1) is 13.5. The molecule has 1 aliphatic carbocycles.